The fourth-order valence-corrected chi connectivity index (χ4v) is 8.37. The highest BCUT2D eigenvalue weighted by molar-refractivity contribution is 7.95. The molecule has 0 saturated carbocycles. The summed E-state index contributed by atoms with van der Waals surface area (Å²) < 4.78 is 61.2. The van der Waals surface area contributed by atoms with Crippen molar-refractivity contribution in [1.29, 1.82) is 0 Å². The van der Waals surface area contributed by atoms with Crippen LogP contribution in [0.4, 0.5) is 11.4 Å². The molecule has 204 valence electrons. The Bertz CT molecular complexity index is 1410. The van der Waals surface area contributed by atoms with Crippen molar-refractivity contribution in [2.24, 2.45) is 0 Å². The Balaban J connectivity index is 1.59. The fraction of sp³-hybridized carbons (Fsp3) is 0.333. The maximum Gasteiger partial charge on any atom is 0.338 e. The van der Waals surface area contributed by atoms with Gasteiger partial charge < -0.3 is 9.64 Å². The molecule has 1 amide bonds. The molecule has 0 aliphatic carbocycles. The molecule has 1 aromatic carbocycles. The molecule has 0 unspecified atom stereocenters. The number of esters is 1. The van der Waals surface area contributed by atoms with Crippen LogP contribution in [0.3, 0.4) is 0 Å². The van der Waals surface area contributed by atoms with Gasteiger partial charge in [-0.05, 0) is 74.2 Å². The molecule has 14 heteroatoms. The first-order valence-corrected chi connectivity index (χ1v) is 16.4. The van der Waals surface area contributed by atoms with Crippen LogP contribution in [0.2, 0.25) is 0 Å². The summed E-state index contributed by atoms with van der Waals surface area (Å²) in [6.45, 7) is 3.41. The zero-order valence-corrected chi connectivity index (χ0v) is 23.9. The van der Waals surface area contributed by atoms with E-state index in [1.807, 2.05) is 13.8 Å². The van der Waals surface area contributed by atoms with Crippen molar-refractivity contribution in [3.8, 4) is 0 Å². The first-order chi connectivity index (χ1) is 18.0. The number of nitrogens with zero attached hydrogens (tertiary/aromatic N) is 1. The summed E-state index contributed by atoms with van der Waals surface area (Å²) in [5, 5.41) is 3.20. The molecule has 3 heterocycles. The third kappa shape index (κ3) is 6.54. The maximum atomic E-state index is 12.9. The Kier molecular flexibility index (Phi) is 8.45. The number of nitrogens with one attached hydrogen (secondary N) is 2. The number of carbonyl (C=O) groups is 2. The predicted molar refractivity (Wildman–Crippen MR) is 147 cm³/mol. The molecule has 0 bridgehead atoms. The number of amides is 1. The number of benzene rings is 1. The molecule has 4 rings (SSSR count). The van der Waals surface area contributed by atoms with Gasteiger partial charge >= 0.3 is 5.97 Å². The molecule has 0 spiro atoms. The second-order valence-corrected chi connectivity index (χ2v) is 14.6. The molecule has 2 N–H and O–H groups in total. The lowest BCUT2D eigenvalue weighted by Crippen LogP contribution is -2.49. The number of hydrogen-bond acceptors (Lipinski definition) is 9. The molecular weight excluding hydrogens is 571 g/mol. The summed E-state index contributed by atoms with van der Waals surface area (Å²) in [4.78, 5) is 27.5. The maximum absolute atomic E-state index is 12.9. The quantitative estimate of drug-likeness (QED) is 0.350. The van der Waals surface area contributed by atoms with E-state index in [-0.39, 0.29) is 43.3 Å². The van der Waals surface area contributed by atoms with Crippen LogP contribution in [0, 0.1) is 0 Å². The van der Waals surface area contributed by atoms with Gasteiger partial charge in [-0.3, -0.25) is 14.2 Å². The lowest BCUT2D eigenvalue weighted by Gasteiger charge is -2.38. The average Bonchev–Trinajstić information content (AvgIpc) is 3.57. The number of piperidine rings is 1. The van der Waals surface area contributed by atoms with Gasteiger partial charge in [0.1, 0.15) is 8.42 Å². The van der Waals surface area contributed by atoms with Crippen LogP contribution < -0.4 is 9.44 Å². The monoisotopic (exact) mass is 597 g/mol. The zero-order valence-electron chi connectivity index (χ0n) is 20.6. The number of ether oxygens (including phenoxy) is 1. The third-order valence-corrected chi connectivity index (χ3v) is 11.6. The highest BCUT2D eigenvalue weighted by atomic mass is 32.3. The van der Waals surface area contributed by atoms with Crippen LogP contribution in [-0.2, 0) is 29.6 Å². The molecule has 1 saturated heterocycles. The Labute approximate surface area is 229 Å². The van der Waals surface area contributed by atoms with Gasteiger partial charge in [0.2, 0.25) is 0 Å². The van der Waals surface area contributed by atoms with E-state index in [4.69, 9.17) is 4.74 Å². The van der Waals surface area contributed by atoms with Crippen LogP contribution in [0.25, 0.3) is 0 Å². The summed E-state index contributed by atoms with van der Waals surface area (Å²) in [7, 11) is -7.98. The first kappa shape index (κ1) is 28.1. The summed E-state index contributed by atoms with van der Waals surface area (Å²) >= 11 is 2.01. The van der Waals surface area contributed by atoms with Crippen LogP contribution in [0.1, 0.15) is 43.5 Å². The highest BCUT2D eigenvalue weighted by Crippen LogP contribution is 2.28. The Morgan fingerprint density at radius 1 is 0.895 bits per heavy atom. The minimum atomic E-state index is -3.99. The van der Waals surface area contributed by atoms with Crippen molar-refractivity contribution in [2.45, 2.75) is 53.6 Å². The van der Waals surface area contributed by atoms with Gasteiger partial charge in [-0.25, -0.2) is 21.6 Å². The van der Waals surface area contributed by atoms with Crippen LogP contribution >= 0.6 is 22.7 Å². The molecule has 1 fully saturated rings. The summed E-state index contributed by atoms with van der Waals surface area (Å²) in [6, 6.07) is 9.76. The van der Waals surface area contributed by atoms with Crippen molar-refractivity contribution in [2.75, 3.05) is 16.1 Å². The minimum absolute atomic E-state index is 0.0261. The normalized spacial score (nSPS) is 18.1. The lowest BCUT2D eigenvalue weighted by atomic mass is 9.97. The SMILES string of the molecule is C[C@@H]1CCC[C@@H](C)N1C(=O)COC(=O)c1cc(NS(=O)(=O)c2cccs2)cc(NS(=O)(=O)c2cccs2)c1. The second-order valence-electron chi connectivity index (χ2n) is 8.88. The molecule has 2 aromatic heterocycles. The van der Waals surface area contributed by atoms with E-state index in [0.29, 0.717) is 0 Å². The van der Waals surface area contributed by atoms with Crippen LogP contribution in [0.5, 0.6) is 0 Å². The second kappa shape index (κ2) is 11.4. The number of likely N-dealkylation sites (tertiary alicyclic amines) is 1. The molecule has 1 aliphatic heterocycles. The van der Waals surface area contributed by atoms with E-state index < -0.39 is 32.6 Å². The molecule has 0 radical (unpaired) electrons. The first-order valence-electron chi connectivity index (χ1n) is 11.7. The lowest BCUT2D eigenvalue weighted by molar-refractivity contribution is -0.140. The number of rotatable bonds is 9. The third-order valence-electron chi connectivity index (χ3n) is 6.00. The van der Waals surface area contributed by atoms with Gasteiger partial charge in [0.15, 0.2) is 6.61 Å². The predicted octanol–water partition coefficient (Wildman–Crippen LogP) is 4.36. The van der Waals surface area contributed by atoms with E-state index in [0.717, 1.165) is 41.9 Å². The van der Waals surface area contributed by atoms with Crippen molar-refractivity contribution in [3.05, 3.63) is 58.8 Å². The number of thiophene rings is 2. The summed E-state index contributed by atoms with van der Waals surface area (Å²) in [6.07, 6.45) is 2.75. The van der Waals surface area contributed by atoms with Crippen molar-refractivity contribution in [3.63, 3.8) is 0 Å². The average molecular weight is 598 g/mol. The largest absolute Gasteiger partial charge is 0.452 e. The standard InChI is InChI=1S/C24H27N3O7S4/c1-16-6-3-7-17(2)27(16)21(28)15-34-24(29)18-12-19(25-37(30,31)22-8-4-10-35-22)14-20(13-18)26-38(32,33)23-9-5-11-36-23/h4-5,8-14,16-17,25-26H,3,6-7,15H2,1-2H3/t16-,17-/m1/s1. The van der Waals surface area contributed by atoms with Gasteiger partial charge in [-0.1, -0.05) is 12.1 Å². The van der Waals surface area contributed by atoms with Gasteiger partial charge in [-0.2, -0.15) is 0 Å². The molecule has 3 aromatic rings. The highest BCUT2D eigenvalue weighted by Gasteiger charge is 2.29. The smallest absolute Gasteiger partial charge is 0.338 e. The summed E-state index contributed by atoms with van der Waals surface area (Å²) in [5.74, 6) is -1.23. The van der Waals surface area contributed by atoms with E-state index >= 15 is 0 Å². The van der Waals surface area contributed by atoms with E-state index in [2.05, 4.69) is 9.44 Å². The fourth-order valence-electron chi connectivity index (χ4n) is 4.31. The minimum Gasteiger partial charge on any atom is -0.452 e. The molecule has 38 heavy (non-hydrogen) atoms. The van der Waals surface area contributed by atoms with Gasteiger partial charge in [-0.15, -0.1) is 22.7 Å². The van der Waals surface area contributed by atoms with E-state index in [1.54, 1.807) is 27.8 Å². The zero-order chi connectivity index (χ0) is 27.5. The topological polar surface area (TPSA) is 139 Å². The molecule has 10 nitrogen and oxygen atoms in total. The Morgan fingerprint density at radius 2 is 1.39 bits per heavy atom. The van der Waals surface area contributed by atoms with E-state index in [9.17, 15) is 26.4 Å². The van der Waals surface area contributed by atoms with Gasteiger partial charge in [0.25, 0.3) is 26.0 Å². The van der Waals surface area contributed by atoms with Crippen molar-refractivity contribution >= 4 is 66.0 Å². The number of anilines is 2. The van der Waals surface area contributed by atoms with Gasteiger partial charge in [0, 0.05) is 12.1 Å². The molecule has 2 atom stereocenters. The number of hydrogen-bond donors (Lipinski definition) is 2. The van der Waals surface area contributed by atoms with E-state index in [1.165, 1.54) is 30.3 Å². The number of sulfonamides is 2. The molecular formula is C24H27N3O7S4. The van der Waals surface area contributed by atoms with Gasteiger partial charge in [0.05, 0.1) is 16.9 Å². The van der Waals surface area contributed by atoms with Crippen LogP contribution in [0.15, 0.2) is 61.6 Å². The van der Waals surface area contributed by atoms with Crippen molar-refractivity contribution in [1.82, 2.24) is 4.90 Å². The Hall–Kier alpha value is -2.94. The molecule has 1 aliphatic rings. The Morgan fingerprint density at radius 3 is 1.84 bits per heavy atom. The number of carbonyl (C=O) groups excluding carboxylic acids is 2. The summed E-state index contributed by atoms with van der Waals surface area (Å²) in [5.41, 5.74) is -0.240. The van der Waals surface area contributed by atoms with Crippen molar-refractivity contribution < 1.29 is 31.2 Å². The van der Waals surface area contributed by atoms with Crippen LogP contribution in [-0.4, -0.2) is 52.3 Å².